The van der Waals surface area contributed by atoms with Crippen molar-refractivity contribution in [3.05, 3.63) is 12.7 Å². The molecule has 11 heteroatoms. The molecule has 0 rings (SSSR count). The molecule has 0 aliphatic heterocycles. The lowest BCUT2D eigenvalue weighted by Gasteiger charge is -2.19. The minimum Gasteiger partial charge on any atom is -0.743 e. The Hall–Kier alpha value is -1.75. The first-order valence-electron chi connectivity index (χ1n) is 4.13. The summed E-state index contributed by atoms with van der Waals surface area (Å²) in [4.78, 5) is 21.2. The Kier molecular flexibility index (Phi) is 5.65. The number of alkyl halides is 2. The van der Waals surface area contributed by atoms with Crippen molar-refractivity contribution in [3.8, 4) is 0 Å². The van der Waals surface area contributed by atoms with E-state index in [1.54, 1.807) is 5.32 Å². The highest BCUT2D eigenvalue weighted by atomic mass is 32.2. The SMILES string of the molecule is C=CC(=O)OCNC(=O)OCC(F)(F)S(=O)(=O)[O-]. The van der Waals surface area contributed by atoms with Gasteiger partial charge in [0.1, 0.15) is 0 Å². The van der Waals surface area contributed by atoms with Crippen LogP contribution in [0.15, 0.2) is 12.7 Å². The molecule has 104 valence electrons. The van der Waals surface area contributed by atoms with E-state index in [1.807, 2.05) is 0 Å². The van der Waals surface area contributed by atoms with Crippen molar-refractivity contribution in [2.45, 2.75) is 5.25 Å². The maximum atomic E-state index is 12.5. The summed E-state index contributed by atoms with van der Waals surface area (Å²) in [5.41, 5.74) is 0. The number of alkyl carbamates (subject to hydrolysis) is 1. The Bertz CT molecular complexity index is 433. The first kappa shape index (κ1) is 16.2. The molecular weight excluding hydrogens is 280 g/mol. The lowest BCUT2D eigenvalue weighted by Crippen LogP contribution is -2.37. The third kappa shape index (κ3) is 5.54. The van der Waals surface area contributed by atoms with Crippen LogP contribution in [-0.4, -0.2) is 43.6 Å². The number of hydrogen-bond acceptors (Lipinski definition) is 7. The minimum absolute atomic E-state index is 0.695. The van der Waals surface area contributed by atoms with Gasteiger partial charge in [-0.3, -0.25) is 5.32 Å². The van der Waals surface area contributed by atoms with Crippen molar-refractivity contribution in [2.75, 3.05) is 13.3 Å². The summed E-state index contributed by atoms with van der Waals surface area (Å²) in [6.45, 7) is 0.396. The Morgan fingerprint density at radius 2 is 1.94 bits per heavy atom. The molecule has 0 heterocycles. The molecule has 0 aromatic rings. The molecule has 0 radical (unpaired) electrons. The zero-order chi connectivity index (χ0) is 14.4. The third-order valence-electron chi connectivity index (χ3n) is 1.33. The normalized spacial score (nSPS) is 11.5. The van der Waals surface area contributed by atoms with Gasteiger partial charge in [-0.25, -0.2) is 18.0 Å². The number of esters is 1. The van der Waals surface area contributed by atoms with E-state index < -0.39 is 40.8 Å². The van der Waals surface area contributed by atoms with Crippen LogP contribution in [0.5, 0.6) is 0 Å². The second kappa shape index (κ2) is 6.26. The first-order valence-corrected chi connectivity index (χ1v) is 5.54. The average molecular weight is 288 g/mol. The molecule has 0 saturated carbocycles. The molecule has 0 aliphatic rings. The Balaban J connectivity index is 4.05. The van der Waals surface area contributed by atoms with Gasteiger partial charge in [0.25, 0.3) is 0 Å². The van der Waals surface area contributed by atoms with Crippen molar-refractivity contribution >= 4 is 22.2 Å². The van der Waals surface area contributed by atoms with Crippen molar-refractivity contribution in [3.63, 3.8) is 0 Å². The summed E-state index contributed by atoms with van der Waals surface area (Å²) in [6.07, 6.45) is -0.708. The molecule has 1 amide bonds. The monoisotopic (exact) mass is 288 g/mol. The van der Waals surface area contributed by atoms with Crippen molar-refractivity contribution in [1.29, 1.82) is 0 Å². The number of carbonyl (C=O) groups is 2. The van der Waals surface area contributed by atoms with Gasteiger partial charge in [0.05, 0.1) is 0 Å². The molecular formula is C7H8F2NO7S-. The maximum absolute atomic E-state index is 12.5. The van der Waals surface area contributed by atoms with Gasteiger partial charge in [0.2, 0.25) is 0 Å². The van der Waals surface area contributed by atoms with E-state index in [0.29, 0.717) is 0 Å². The van der Waals surface area contributed by atoms with Crippen LogP contribution in [0.3, 0.4) is 0 Å². The number of nitrogens with one attached hydrogen (secondary N) is 1. The smallest absolute Gasteiger partial charge is 0.410 e. The quantitative estimate of drug-likeness (QED) is 0.303. The average Bonchev–Trinajstić information content (AvgIpc) is 2.24. The van der Waals surface area contributed by atoms with E-state index >= 15 is 0 Å². The van der Waals surface area contributed by atoms with Crippen molar-refractivity contribution < 1.29 is 40.8 Å². The van der Waals surface area contributed by atoms with E-state index in [1.165, 1.54) is 0 Å². The van der Waals surface area contributed by atoms with Crippen molar-refractivity contribution in [2.24, 2.45) is 0 Å². The molecule has 0 bridgehead atoms. The summed E-state index contributed by atoms with van der Waals surface area (Å²) >= 11 is 0. The molecule has 1 N–H and O–H groups in total. The zero-order valence-corrected chi connectivity index (χ0v) is 9.54. The van der Waals surface area contributed by atoms with E-state index in [9.17, 15) is 31.3 Å². The molecule has 8 nitrogen and oxygen atoms in total. The summed E-state index contributed by atoms with van der Waals surface area (Å²) in [5, 5.41) is -3.04. The van der Waals surface area contributed by atoms with E-state index in [0.717, 1.165) is 6.08 Å². The van der Waals surface area contributed by atoms with Gasteiger partial charge in [-0.1, -0.05) is 6.58 Å². The molecule has 0 fully saturated rings. The Labute approximate surface area is 100 Å². The van der Waals surface area contributed by atoms with Gasteiger partial charge in [0.15, 0.2) is 23.5 Å². The molecule has 0 unspecified atom stereocenters. The lowest BCUT2D eigenvalue weighted by molar-refractivity contribution is -0.138. The zero-order valence-electron chi connectivity index (χ0n) is 8.72. The number of hydrogen-bond donors (Lipinski definition) is 1. The maximum Gasteiger partial charge on any atom is 0.410 e. The molecule has 18 heavy (non-hydrogen) atoms. The number of rotatable bonds is 6. The van der Waals surface area contributed by atoms with Crippen molar-refractivity contribution in [1.82, 2.24) is 5.32 Å². The van der Waals surface area contributed by atoms with Crippen LogP contribution in [0.1, 0.15) is 0 Å². The highest BCUT2D eigenvalue weighted by Gasteiger charge is 2.39. The summed E-state index contributed by atoms with van der Waals surface area (Å²) < 4.78 is 63.0. The molecule has 0 atom stereocenters. The predicted molar refractivity (Wildman–Crippen MR) is 50.3 cm³/mol. The summed E-state index contributed by atoms with van der Waals surface area (Å²) in [6, 6.07) is 0. The van der Waals surface area contributed by atoms with E-state index in [-0.39, 0.29) is 0 Å². The van der Waals surface area contributed by atoms with Gasteiger partial charge in [-0.05, 0) is 0 Å². The van der Waals surface area contributed by atoms with Crippen LogP contribution in [0, 0.1) is 0 Å². The Morgan fingerprint density at radius 1 is 1.39 bits per heavy atom. The van der Waals surface area contributed by atoms with Crippen LogP contribution < -0.4 is 5.32 Å². The van der Waals surface area contributed by atoms with Crippen LogP contribution >= 0.6 is 0 Å². The van der Waals surface area contributed by atoms with Gasteiger partial charge in [-0.2, -0.15) is 8.78 Å². The van der Waals surface area contributed by atoms with Crippen LogP contribution in [-0.2, 0) is 24.4 Å². The first-order chi connectivity index (χ1) is 8.10. The highest BCUT2D eigenvalue weighted by Crippen LogP contribution is 2.20. The van der Waals surface area contributed by atoms with Crippen LogP contribution in [0.4, 0.5) is 13.6 Å². The fraction of sp³-hybridized carbons (Fsp3) is 0.429. The van der Waals surface area contributed by atoms with E-state index in [2.05, 4.69) is 16.1 Å². The lowest BCUT2D eigenvalue weighted by atomic mass is 10.7. The van der Waals surface area contributed by atoms with Gasteiger partial charge in [-0.15, -0.1) is 0 Å². The van der Waals surface area contributed by atoms with E-state index in [4.69, 9.17) is 0 Å². The number of ether oxygens (including phenoxy) is 2. The highest BCUT2D eigenvalue weighted by molar-refractivity contribution is 7.86. The topological polar surface area (TPSA) is 122 Å². The Morgan fingerprint density at radius 3 is 2.39 bits per heavy atom. The van der Waals surface area contributed by atoms with Gasteiger partial charge < -0.3 is 14.0 Å². The summed E-state index contributed by atoms with van der Waals surface area (Å²) in [7, 11) is -5.92. The predicted octanol–water partition coefficient (Wildman–Crippen LogP) is -0.463. The number of carbonyl (C=O) groups excluding carboxylic acids is 2. The van der Waals surface area contributed by atoms with Gasteiger partial charge in [0, 0.05) is 6.08 Å². The largest absolute Gasteiger partial charge is 0.743 e. The number of halogens is 2. The molecule has 0 saturated heterocycles. The fourth-order valence-electron chi connectivity index (χ4n) is 0.498. The second-order valence-corrected chi connectivity index (χ2v) is 4.16. The third-order valence-corrected chi connectivity index (χ3v) is 2.18. The standard InChI is InChI=1S/C7H9F2NO7S/c1-2-5(11)17-4-10-6(12)16-3-7(8,9)18(13,14)15/h2H,1,3-4H2,(H,10,12)(H,13,14,15)/p-1. The molecule has 0 aliphatic carbocycles. The molecule has 0 aromatic heterocycles. The molecule has 0 spiro atoms. The second-order valence-electron chi connectivity index (χ2n) is 2.66. The molecule has 0 aromatic carbocycles. The minimum atomic E-state index is -5.92. The summed E-state index contributed by atoms with van der Waals surface area (Å²) in [5.74, 6) is -0.886. The van der Waals surface area contributed by atoms with Gasteiger partial charge >= 0.3 is 17.3 Å². The number of amides is 1. The van der Waals surface area contributed by atoms with Crippen LogP contribution in [0.2, 0.25) is 0 Å². The fourth-order valence-corrected chi connectivity index (χ4v) is 0.701. The van der Waals surface area contributed by atoms with Crippen LogP contribution in [0.25, 0.3) is 0 Å².